The minimum Gasteiger partial charge on any atom is -0.507 e. The van der Waals surface area contributed by atoms with E-state index in [9.17, 15) is 49.1 Å². The van der Waals surface area contributed by atoms with Crippen molar-refractivity contribution in [3.63, 3.8) is 0 Å². The van der Waals surface area contributed by atoms with Crippen LogP contribution in [0.3, 0.4) is 0 Å². The number of hydrogen-bond donors (Lipinski definition) is 6. The molecule has 2 aromatic carbocycles. The SMILES string of the molecule is COC(=O)P(=O)(O)OCC(=O)[C@]1(O)Cc2c(O)c3c(c(O)c2[C@@H](O[C@H]2C[C@H](N)[C@H](O)[C@H](C)O2)C1)C(=O)c1c(OC)cccc1C3=O. The minimum atomic E-state index is -5.10. The maximum atomic E-state index is 13.8. The molecule has 16 nitrogen and oxygen atoms in total. The van der Waals surface area contributed by atoms with Crippen molar-refractivity contribution in [2.45, 2.75) is 62.4 Å². The zero-order chi connectivity index (χ0) is 33.9. The quantitative estimate of drug-likeness (QED) is 0.145. The third-order valence-electron chi connectivity index (χ3n) is 8.44. The monoisotopic (exact) mass is 665 g/mol. The van der Waals surface area contributed by atoms with Gasteiger partial charge in [0.05, 0.1) is 49.2 Å². The highest BCUT2D eigenvalue weighted by Gasteiger charge is 2.51. The molecule has 248 valence electrons. The van der Waals surface area contributed by atoms with Gasteiger partial charge in [-0.15, -0.1) is 0 Å². The predicted molar refractivity (Wildman–Crippen MR) is 153 cm³/mol. The summed E-state index contributed by atoms with van der Waals surface area (Å²) >= 11 is 0. The zero-order valence-electron chi connectivity index (χ0n) is 24.8. The van der Waals surface area contributed by atoms with Gasteiger partial charge in [-0.3, -0.25) is 18.9 Å². The number of nitrogens with two attached hydrogens (primary N) is 1. The fourth-order valence-corrected chi connectivity index (χ4v) is 6.68. The molecule has 1 saturated heterocycles. The third kappa shape index (κ3) is 5.50. The van der Waals surface area contributed by atoms with Crippen molar-refractivity contribution >= 4 is 30.7 Å². The Morgan fingerprint density at radius 1 is 1.11 bits per heavy atom. The van der Waals surface area contributed by atoms with Crippen LogP contribution in [0.2, 0.25) is 0 Å². The lowest BCUT2D eigenvalue weighted by molar-refractivity contribution is -0.247. The Morgan fingerprint density at radius 3 is 2.41 bits per heavy atom. The number of carbonyl (C=O) groups excluding carboxylic acids is 4. The Hall–Kier alpha value is -3.73. The van der Waals surface area contributed by atoms with Gasteiger partial charge >= 0.3 is 13.3 Å². The van der Waals surface area contributed by atoms with Crippen molar-refractivity contribution in [1.82, 2.24) is 0 Å². The van der Waals surface area contributed by atoms with E-state index in [2.05, 4.69) is 9.26 Å². The summed E-state index contributed by atoms with van der Waals surface area (Å²) in [5, 5.41) is 45.0. The first-order chi connectivity index (χ1) is 21.6. The van der Waals surface area contributed by atoms with Crippen molar-refractivity contribution in [1.29, 1.82) is 0 Å². The van der Waals surface area contributed by atoms with Crippen LogP contribution < -0.4 is 10.5 Å². The molecule has 1 heterocycles. The van der Waals surface area contributed by atoms with Crippen LogP contribution in [0.25, 0.3) is 0 Å². The first kappa shape index (κ1) is 33.6. The van der Waals surface area contributed by atoms with Gasteiger partial charge in [0.1, 0.15) is 29.5 Å². The van der Waals surface area contributed by atoms with Gasteiger partial charge < -0.3 is 50.0 Å². The second-order valence-corrected chi connectivity index (χ2v) is 12.9. The molecule has 0 amide bonds. The summed E-state index contributed by atoms with van der Waals surface area (Å²) < 4.78 is 37.9. The number of Topliss-reactive ketones (excluding diaryl/α,β-unsaturated/α-hetero) is 1. The Bertz CT molecular complexity index is 1680. The summed E-state index contributed by atoms with van der Waals surface area (Å²) in [5.74, 6) is -4.50. The summed E-state index contributed by atoms with van der Waals surface area (Å²) in [4.78, 5) is 62.2. The molecule has 0 aromatic heterocycles. The molecular formula is C29H32NO15P. The highest BCUT2D eigenvalue weighted by atomic mass is 31.2. The fourth-order valence-electron chi connectivity index (χ4n) is 6.05. The van der Waals surface area contributed by atoms with Gasteiger partial charge in [0.15, 0.2) is 17.9 Å². The maximum Gasteiger partial charge on any atom is 0.436 e. The smallest absolute Gasteiger partial charge is 0.436 e. The van der Waals surface area contributed by atoms with E-state index in [4.69, 9.17) is 19.9 Å². The molecule has 3 aliphatic rings. The average molecular weight is 666 g/mol. The molecule has 5 rings (SSSR count). The fraction of sp³-hybridized carbons (Fsp3) is 0.448. The number of ether oxygens (including phenoxy) is 4. The highest BCUT2D eigenvalue weighted by molar-refractivity contribution is 7.70. The molecule has 0 spiro atoms. The standard InChI is InChI=1S/C29H32NO15P/c1-11-23(32)14(30)7-18(44-11)45-16-9-29(38,17(31)10-43-46(39,40)28(37)42-3)8-13-20(16)27(36)22-21(25(13)34)24(33)12-5-4-6-15(41-2)19(12)26(22)35/h4-6,11,14,16,18,23,32,34,36,38H,7-10,30H2,1-3H3,(H,39,40)/t11-,14-,16-,18-,23+,29-/m0/s1. The van der Waals surface area contributed by atoms with Crippen LogP contribution in [0.1, 0.15) is 68.8 Å². The largest absolute Gasteiger partial charge is 0.507 e. The van der Waals surface area contributed by atoms with Gasteiger partial charge in [-0.1, -0.05) is 12.1 Å². The Balaban J connectivity index is 1.62. The number of methoxy groups -OCH3 is 2. The van der Waals surface area contributed by atoms with Crippen LogP contribution in [0.15, 0.2) is 18.2 Å². The molecule has 0 radical (unpaired) electrons. The third-order valence-corrected chi connectivity index (χ3v) is 9.56. The Labute approximate surface area is 261 Å². The van der Waals surface area contributed by atoms with Crippen LogP contribution in [-0.2, 0) is 34.5 Å². The van der Waals surface area contributed by atoms with Gasteiger partial charge in [-0.2, -0.15) is 0 Å². The number of aliphatic hydroxyl groups is 2. The molecule has 1 aliphatic heterocycles. The van der Waals surface area contributed by atoms with E-state index in [-0.39, 0.29) is 34.4 Å². The number of carbonyl (C=O) groups is 4. The summed E-state index contributed by atoms with van der Waals surface area (Å²) in [5.41, 5.74) is -0.195. The molecular weight excluding hydrogens is 633 g/mol. The molecule has 46 heavy (non-hydrogen) atoms. The Kier molecular flexibility index (Phi) is 8.87. The summed E-state index contributed by atoms with van der Waals surface area (Å²) in [6.07, 6.45) is -6.14. The molecule has 1 fully saturated rings. The van der Waals surface area contributed by atoms with Crippen LogP contribution >= 0.6 is 7.60 Å². The van der Waals surface area contributed by atoms with Crippen LogP contribution in [0.4, 0.5) is 4.79 Å². The van der Waals surface area contributed by atoms with E-state index in [1.165, 1.54) is 32.2 Å². The predicted octanol–water partition coefficient (Wildman–Crippen LogP) is 0.977. The molecule has 7 N–H and O–H groups in total. The molecule has 0 saturated carbocycles. The first-order valence-corrected chi connectivity index (χ1v) is 15.6. The van der Waals surface area contributed by atoms with Gasteiger partial charge in [0.2, 0.25) is 5.78 Å². The van der Waals surface area contributed by atoms with E-state index in [0.29, 0.717) is 0 Å². The van der Waals surface area contributed by atoms with Crippen LogP contribution in [-0.4, -0.2) is 99.3 Å². The van der Waals surface area contributed by atoms with Crippen molar-refractivity contribution < 1.29 is 72.5 Å². The second kappa shape index (κ2) is 12.1. The van der Waals surface area contributed by atoms with Gasteiger partial charge in [0, 0.05) is 42.0 Å². The number of rotatable bonds is 8. The number of aromatic hydroxyl groups is 2. The molecule has 2 aliphatic carbocycles. The average Bonchev–Trinajstić information content (AvgIpc) is 3.01. The normalized spacial score (nSPS) is 28.4. The van der Waals surface area contributed by atoms with Gasteiger partial charge in [0.25, 0.3) is 0 Å². The number of benzene rings is 2. The van der Waals surface area contributed by atoms with E-state index in [1.54, 1.807) is 0 Å². The molecule has 1 unspecified atom stereocenters. The van der Waals surface area contributed by atoms with Crippen molar-refractivity contribution in [3.05, 3.63) is 51.6 Å². The van der Waals surface area contributed by atoms with E-state index in [1.807, 2.05) is 0 Å². The topological polar surface area (TPSA) is 259 Å². The minimum absolute atomic E-state index is 0.0381. The van der Waals surface area contributed by atoms with E-state index >= 15 is 0 Å². The van der Waals surface area contributed by atoms with Gasteiger partial charge in [-0.05, 0) is 13.0 Å². The zero-order valence-corrected chi connectivity index (χ0v) is 25.7. The van der Waals surface area contributed by atoms with Crippen molar-refractivity contribution in [2.75, 3.05) is 20.8 Å². The summed E-state index contributed by atoms with van der Waals surface area (Å²) in [7, 11) is -3.00. The maximum absolute atomic E-state index is 13.8. The number of phenols is 2. The summed E-state index contributed by atoms with van der Waals surface area (Å²) in [6, 6.07) is 3.39. The van der Waals surface area contributed by atoms with E-state index < -0.39 is 109 Å². The number of aliphatic hydroxyl groups excluding tert-OH is 1. The second-order valence-electron chi connectivity index (χ2n) is 11.3. The highest BCUT2D eigenvalue weighted by Crippen LogP contribution is 2.53. The molecule has 2 aromatic rings. The lowest BCUT2D eigenvalue weighted by Crippen LogP contribution is -2.53. The first-order valence-electron chi connectivity index (χ1n) is 14.0. The van der Waals surface area contributed by atoms with Crippen molar-refractivity contribution in [2.24, 2.45) is 5.73 Å². The lowest BCUT2D eigenvalue weighted by Gasteiger charge is -2.42. The molecule has 17 heteroatoms. The summed E-state index contributed by atoms with van der Waals surface area (Å²) in [6.45, 7) is 0.257. The number of hydrogen-bond acceptors (Lipinski definition) is 15. The number of phenolic OH excluding ortho intramolecular Hbond substituents is 2. The van der Waals surface area contributed by atoms with Crippen LogP contribution in [0, 0.1) is 0 Å². The van der Waals surface area contributed by atoms with Crippen LogP contribution in [0.5, 0.6) is 17.2 Å². The molecule has 7 atom stereocenters. The van der Waals surface area contributed by atoms with Gasteiger partial charge in [-0.25, -0.2) is 9.36 Å². The lowest BCUT2D eigenvalue weighted by atomic mass is 9.72. The van der Waals surface area contributed by atoms with Crippen molar-refractivity contribution in [3.8, 4) is 17.2 Å². The van der Waals surface area contributed by atoms with E-state index in [0.717, 1.165) is 7.11 Å². The molecule has 0 bridgehead atoms. The Morgan fingerprint density at radius 2 is 1.78 bits per heavy atom. The number of ketones is 3. The number of fused-ring (bicyclic) bond motifs is 3.